The molecule has 2 aromatic carbocycles. The molecule has 1 unspecified atom stereocenters. The molecule has 0 aliphatic heterocycles. The van der Waals surface area contributed by atoms with Gasteiger partial charge in [-0.3, -0.25) is 0 Å². The van der Waals surface area contributed by atoms with E-state index in [9.17, 15) is 10.2 Å². The van der Waals surface area contributed by atoms with E-state index in [1.807, 2.05) is 67.6 Å². The van der Waals surface area contributed by atoms with Gasteiger partial charge in [-0.2, -0.15) is 0 Å². The number of hydrogen-bond acceptors (Lipinski definition) is 2. The van der Waals surface area contributed by atoms with Gasteiger partial charge < -0.3 is 10.2 Å². The van der Waals surface area contributed by atoms with Gasteiger partial charge in [-0.05, 0) is 17.5 Å². The van der Waals surface area contributed by atoms with Gasteiger partial charge in [0, 0.05) is 0 Å². The number of rotatable bonds is 4. The van der Waals surface area contributed by atoms with Crippen molar-refractivity contribution in [3.8, 4) is 0 Å². The second-order valence-electron chi connectivity index (χ2n) is 4.42. The lowest BCUT2D eigenvalue weighted by atomic mass is 9.81. The summed E-state index contributed by atoms with van der Waals surface area (Å²) in [5.41, 5.74) is 0.0770. The van der Waals surface area contributed by atoms with Crippen molar-refractivity contribution in [2.75, 3.05) is 0 Å². The lowest BCUT2D eigenvalue weighted by Crippen LogP contribution is -2.40. The summed E-state index contributed by atoms with van der Waals surface area (Å²) in [6.45, 7) is 1.86. The predicted molar refractivity (Wildman–Crippen MR) is 72.2 cm³/mol. The molecule has 0 fully saturated rings. The maximum absolute atomic E-state index is 11.0. The highest BCUT2D eigenvalue weighted by Gasteiger charge is 2.38. The monoisotopic (exact) mass is 242 g/mol. The molecule has 1 atom stereocenters. The lowest BCUT2D eigenvalue weighted by molar-refractivity contribution is -0.0509. The minimum absolute atomic E-state index is 0.486. The first-order valence-electron chi connectivity index (χ1n) is 6.21. The summed E-state index contributed by atoms with van der Waals surface area (Å²) in [6.07, 6.45) is -0.345. The van der Waals surface area contributed by atoms with Crippen LogP contribution in [0.4, 0.5) is 0 Å². The Kier molecular flexibility index (Phi) is 3.80. The zero-order chi connectivity index (χ0) is 13.0. The van der Waals surface area contributed by atoms with Crippen molar-refractivity contribution < 1.29 is 10.2 Å². The van der Waals surface area contributed by atoms with Crippen LogP contribution in [0.3, 0.4) is 0 Å². The van der Waals surface area contributed by atoms with Gasteiger partial charge in [0.05, 0.1) is 6.10 Å². The molecule has 0 saturated heterocycles. The molecular formula is C16H18O2. The van der Waals surface area contributed by atoms with Crippen LogP contribution in [0, 0.1) is 0 Å². The van der Waals surface area contributed by atoms with Crippen LogP contribution in [0.25, 0.3) is 0 Å². The fourth-order valence-electron chi connectivity index (χ4n) is 2.23. The van der Waals surface area contributed by atoms with E-state index >= 15 is 0 Å². The highest BCUT2D eigenvalue weighted by molar-refractivity contribution is 5.37. The Hall–Kier alpha value is -1.64. The molecule has 2 nitrogen and oxygen atoms in total. The number of hydrogen-bond donors (Lipinski definition) is 2. The van der Waals surface area contributed by atoms with Gasteiger partial charge in [0.15, 0.2) is 0 Å². The van der Waals surface area contributed by atoms with Crippen molar-refractivity contribution in [3.05, 3.63) is 71.8 Å². The van der Waals surface area contributed by atoms with Crippen LogP contribution in [0.15, 0.2) is 60.7 Å². The lowest BCUT2D eigenvalue weighted by Gasteiger charge is -2.33. The van der Waals surface area contributed by atoms with Crippen LogP contribution in [0.5, 0.6) is 0 Å². The van der Waals surface area contributed by atoms with Crippen LogP contribution < -0.4 is 0 Å². The molecule has 0 aromatic heterocycles. The van der Waals surface area contributed by atoms with Crippen LogP contribution in [0.2, 0.25) is 0 Å². The van der Waals surface area contributed by atoms with Crippen LogP contribution in [-0.4, -0.2) is 16.3 Å². The first-order chi connectivity index (χ1) is 8.69. The van der Waals surface area contributed by atoms with E-state index in [2.05, 4.69) is 0 Å². The van der Waals surface area contributed by atoms with Crippen molar-refractivity contribution in [2.24, 2.45) is 0 Å². The van der Waals surface area contributed by atoms with Crippen LogP contribution >= 0.6 is 0 Å². The Morgan fingerprint density at radius 3 is 1.61 bits per heavy atom. The summed E-state index contributed by atoms with van der Waals surface area (Å²) in [7, 11) is 0. The third-order valence-electron chi connectivity index (χ3n) is 3.30. The minimum atomic E-state index is -1.35. The predicted octanol–water partition coefficient (Wildman–Crippen LogP) is 2.69. The SMILES string of the molecule is CCC(O)C(O)(c1ccccc1)c1ccccc1. The van der Waals surface area contributed by atoms with Crippen LogP contribution in [-0.2, 0) is 5.60 Å². The Balaban J connectivity index is 2.55. The molecule has 0 heterocycles. The van der Waals surface area contributed by atoms with Crippen molar-refractivity contribution in [1.29, 1.82) is 0 Å². The number of aliphatic hydroxyl groups excluding tert-OH is 1. The molecule has 2 aromatic rings. The summed E-state index contributed by atoms with van der Waals surface area (Å²) in [4.78, 5) is 0. The van der Waals surface area contributed by atoms with E-state index in [1.165, 1.54) is 0 Å². The number of benzene rings is 2. The van der Waals surface area contributed by atoms with Crippen molar-refractivity contribution >= 4 is 0 Å². The molecule has 0 amide bonds. The van der Waals surface area contributed by atoms with Gasteiger partial charge in [-0.15, -0.1) is 0 Å². The molecule has 0 bridgehead atoms. The van der Waals surface area contributed by atoms with Gasteiger partial charge in [-0.25, -0.2) is 0 Å². The summed E-state index contributed by atoms with van der Waals surface area (Å²) in [6, 6.07) is 18.6. The van der Waals surface area contributed by atoms with Gasteiger partial charge in [0.25, 0.3) is 0 Å². The van der Waals surface area contributed by atoms with E-state index in [0.29, 0.717) is 17.5 Å². The standard InChI is InChI=1S/C16H18O2/c1-2-15(17)16(18,13-9-5-3-6-10-13)14-11-7-4-8-12-14/h3-12,15,17-18H,2H2,1H3. The first kappa shape index (κ1) is 12.8. The van der Waals surface area contributed by atoms with Gasteiger partial charge in [0.1, 0.15) is 5.60 Å². The maximum atomic E-state index is 11.0. The second-order valence-corrected chi connectivity index (χ2v) is 4.42. The van der Waals surface area contributed by atoms with Crippen molar-refractivity contribution in [2.45, 2.75) is 25.0 Å². The fraction of sp³-hybridized carbons (Fsp3) is 0.250. The Labute approximate surface area is 108 Å². The van der Waals surface area contributed by atoms with E-state index < -0.39 is 11.7 Å². The normalized spacial score (nSPS) is 13.3. The molecule has 0 aliphatic carbocycles. The van der Waals surface area contributed by atoms with Gasteiger partial charge >= 0.3 is 0 Å². The van der Waals surface area contributed by atoms with Gasteiger partial charge in [-0.1, -0.05) is 67.6 Å². The molecule has 0 saturated carbocycles. The Morgan fingerprint density at radius 1 is 0.889 bits per heavy atom. The van der Waals surface area contributed by atoms with E-state index in [4.69, 9.17) is 0 Å². The van der Waals surface area contributed by atoms with E-state index in [-0.39, 0.29) is 0 Å². The maximum Gasteiger partial charge on any atom is 0.140 e. The molecule has 2 heteroatoms. The molecule has 2 rings (SSSR count). The molecule has 94 valence electrons. The molecule has 0 radical (unpaired) electrons. The summed E-state index contributed by atoms with van der Waals surface area (Å²) >= 11 is 0. The zero-order valence-corrected chi connectivity index (χ0v) is 10.5. The molecule has 2 N–H and O–H groups in total. The smallest absolute Gasteiger partial charge is 0.140 e. The quantitative estimate of drug-likeness (QED) is 0.865. The zero-order valence-electron chi connectivity index (χ0n) is 10.5. The summed E-state index contributed by atoms with van der Waals surface area (Å²) in [5, 5.41) is 21.2. The third-order valence-corrected chi connectivity index (χ3v) is 3.30. The Morgan fingerprint density at radius 2 is 1.28 bits per heavy atom. The van der Waals surface area contributed by atoms with Crippen molar-refractivity contribution in [3.63, 3.8) is 0 Å². The molecule has 18 heavy (non-hydrogen) atoms. The van der Waals surface area contributed by atoms with E-state index in [1.54, 1.807) is 0 Å². The van der Waals surface area contributed by atoms with Crippen molar-refractivity contribution in [1.82, 2.24) is 0 Å². The fourth-order valence-corrected chi connectivity index (χ4v) is 2.23. The summed E-state index contributed by atoms with van der Waals surface area (Å²) < 4.78 is 0. The van der Waals surface area contributed by atoms with E-state index in [0.717, 1.165) is 0 Å². The molecular weight excluding hydrogens is 224 g/mol. The first-order valence-corrected chi connectivity index (χ1v) is 6.21. The minimum Gasteiger partial charge on any atom is -0.389 e. The molecule has 0 spiro atoms. The largest absolute Gasteiger partial charge is 0.389 e. The second kappa shape index (κ2) is 5.34. The third kappa shape index (κ3) is 2.17. The Bertz CT molecular complexity index is 439. The highest BCUT2D eigenvalue weighted by Crippen LogP contribution is 2.34. The number of aliphatic hydroxyl groups is 2. The summed E-state index contributed by atoms with van der Waals surface area (Å²) in [5.74, 6) is 0. The van der Waals surface area contributed by atoms with Gasteiger partial charge in [0.2, 0.25) is 0 Å². The topological polar surface area (TPSA) is 40.5 Å². The highest BCUT2D eigenvalue weighted by atomic mass is 16.3. The average Bonchev–Trinajstić information content (AvgIpc) is 2.47. The average molecular weight is 242 g/mol. The molecule has 0 aliphatic rings. The van der Waals surface area contributed by atoms with Crippen LogP contribution in [0.1, 0.15) is 24.5 Å².